The van der Waals surface area contributed by atoms with E-state index in [4.69, 9.17) is 4.74 Å². The van der Waals surface area contributed by atoms with Crippen molar-refractivity contribution in [1.29, 1.82) is 0 Å². The van der Waals surface area contributed by atoms with Crippen LogP contribution in [0.1, 0.15) is 18.5 Å². The van der Waals surface area contributed by atoms with Gasteiger partial charge in [-0.05, 0) is 31.7 Å². The number of aliphatic carboxylic acids is 1. The van der Waals surface area contributed by atoms with Crippen molar-refractivity contribution in [2.75, 3.05) is 33.8 Å². The monoisotopic (exact) mass is 278 g/mol. The lowest BCUT2D eigenvalue weighted by atomic mass is 10.0. The highest BCUT2D eigenvalue weighted by molar-refractivity contribution is 5.75. The molecule has 2 atom stereocenters. The molecular weight excluding hydrogens is 256 g/mol. The van der Waals surface area contributed by atoms with Gasteiger partial charge in [0.2, 0.25) is 0 Å². The molecule has 1 heterocycles. The molecule has 1 aromatic carbocycles. The van der Waals surface area contributed by atoms with Gasteiger partial charge in [0.15, 0.2) is 0 Å². The first-order chi connectivity index (χ1) is 9.52. The highest BCUT2D eigenvalue weighted by atomic mass is 16.5. The van der Waals surface area contributed by atoms with Crippen LogP contribution in [0.5, 0.6) is 5.75 Å². The van der Waals surface area contributed by atoms with Crippen LogP contribution in [0.2, 0.25) is 0 Å². The SMILES string of the molecule is COc1cccc(C(C(=O)O)N2CCN(C)C(C)C2)c1. The summed E-state index contributed by atoms with van der Waals surface area (Å²) < 4.78 is 5.19. The standard InChI is InChI=1S/C15H22N2O3/c1-11-10-17(8-7-16(11)2)14(15(18)19)12-5-4-6-13(9-12)20-3/h4-6,9,11,14H,7-8,10H2,1-3H3,(H,18,19). The van der Waals surface area contributed by atoms with Crippen LogP contribution in [0.4, 0.5) is 0 Å². The molecule has 0 bridgehead atoms. The molecular formula is C15H22N2O3. The van der Waals surface area contributed by atoms with Gasteiger partial charge < -0.3 is 14.7 Å². The first-order valence-electron chi connectivity index (χ1n) is 6.84. The second-order valence-electron chi connectivity index (χ2n) is 5.34. The molecule has 0 aromatic heterocycles. The molecule has 1 aliphatic heterocycles. The third-order valence-electron chi connectivity index (χ3n) is 4.00. The normalized spacial score (nSPS) is 22.4. The van der Waals surface area contributed by atoms with E-state index in [-0.39, 0.29) is 0 Å². The van der Waals surface area contributed by atoms with Gasteiger partial charge in [0.25, 0.3) is 0 Å². The molecule has 0 radical (unpaired) electrons. The van der Waals surface area contributed by atoms with E-state index in [9.17, 15) is 9.90 Å². The molecule has 1 N–H and O–H groups in total. The maximum absolute atomic E-state index is 11.7. The molecule has 0 spiro atoms. The van der Waals surface area contributed by atoms with Crippen molar-refractivity contribution in [3.63, 3.8) is 0 Å². The maximum Gasteiger partial charge on any atom is 0.325 e. The van der Waals surface area contributed by atoms with Gasteiger partial charge >= 0.3 is 5.97 Å². The summed E-state index contributed by atoms with van der Waals surface area (Å²) in [4.78, 5) is 16.0. The summed E-state index contributed by atoms with van der Waals surface area (Å²) in [5, 5.41) is 9.60. The number of carbonyl (C=O) groups is 1. The quantitative estimate of drug-likeness (QED) is 0.903. The maximum atomic E-state index is 11.7. The van der Waals surface area contributed by atoms with Crippen molar-refractivity contribution in [3.05, 3.63) is 29.8 Å². The van der Waals surface area contributed by atoms with E-state index in [1.807, 2.05) is 29.2 Å². The number of rotatable bonds is 4. The van der Waals surface area contributed by atoms with E-state index in [0.29, 0.717) is 11.8 Å². The number of nitrogens with zero attached hydrogens (tertiary/aromatic N) is 2. The zero-order valence-corrected chi connectivity index (χ0v) is 12.2. The topological polar surface area (TPSA) is 53.0 Å². The van der Waals surface area contributed by atoms with E-state index >= 15 is 0 Å². The van der Waals surface area contributed by atoms with Crippen LogP contribution < -0.4 is 4.74 Å². The molecule has 2 unspecified atom stereocenters. The molecule has 1 fully saturated rings. The third-order valence-corrected chi connectivity index (χ3v) is 4.00. The Hall–Kier alpha value is -1.59. The Morgan fingerprint density at radius 1 is 1.45 bits per heavy atom. The molecule has 0 saturated carbocycles. The fraction of sp³-hybridized carbons (Fsp3) is 0.533. The Balaban J connectivity index is 2.24. The number of carboxylic acid groups (broad SMARTS) is 1. The lowest BCUT2D eigenvalue weighted by Crippen LogP contribution is -2.52. The molecule has 5 heteroatoms. The van der Waals surface area contributed by atoms with E-state index in [0.717, 1.165) is 25.2 Å². The predicted molar refractivity (Wildman–Crippen MR) is 77.0 cm³/mol. The number of methoxy groups -OCH3 is 1. The second kappa shape index (κ2) is 6.24. The molecule has 5 nitrogen and oxygen atoms in total. The van der Waals surface area contributed by atoms with E-state index < -0.39 is 12.0 Å². The number of piperazine rings is 1. The molecule has 0 amide bonds. The van der Waals surface area contributed by atoms with Crippen LogP contribution >= 0.6 is 0 Å². The summed E-state index contributed by atoms with van der Waals surface area (Å²) in [6.07, 6.45) is 0. The molecule has 110 valence electrons. The molecule has 1 aromatic rings. The Bertz CT molecular complexity index is 478. The Morgan fingerprint density at radius 2 is 2.20 bits per heavy atom. The molecule has 2 rings (SSSR count). The van der Waals surface area contributed by atoms with Crippen molar-refractivity contribution < 1.29 is 14.6 Å². The highest BCUT2D eigenvalue weighted by Crippen LogP contribution is 2.26. The summed E-state index contributed by atoms with van der Waals surface area (Å²) in [6, 6.07) is 7.07. The smallest absolute Gasteiger partial charge is 0.325 e. The number of ether oxygens (including phenoxy) is 1. The van der Waals surface area contributed by atoms with Gasteiger partial charge in [-0.15, -0.1) is 0 Å². The van der Waals surface area contributed by atoms with Gasteiger partial charge in [-0.25, -0.2) is 0 Å². The number of hydrogen-bond donors (Lipinski definition) is 1. The number of hydrogen-bond acceptors (Lipinski definition) is 4. The van der Waals surface area contributed by atoms with Crippen LogP contribution in [0.3, 0.4) is 0 Å². The average molecular weight is 278 g/mol. The summed E-state index contributed by atoms with van der Waals surface area (Å²) in [6.45, 7) is 4.52. The average Bonchev–Trinajstić information content (AvgIpc) is 2.43. The zero-order valence-electron chi connectivity index (χ0n) is 12.2. The van der Waals surface area contributed by atoms with E-state index in [1.165, 1.54) is 0 Å². The van der Waals surface area contributed by atoms with Crippen molar-refractivity contribution in [2.45, 2.75) is 19.0 Å². The minimum Gasteiger partial charge on any atom is -0.497 e. The number of likely N-dealkylation sites (N-methyl/N-ethyl adjacent to an activating group) is 1. The van der Waals surface area contributed by atoms with Crippen LogP contribution in [0, 0.1) is 0 Å². The number of carboxylic acids is 1. The van der Waals surface area contributed by atoms with Crippen LogP contribution in [-0.2, 0) is 4.79 Å². The van der Waals surface area contributed by atoms with E-state index in [2.05, 4.69) is 18.9 Å². The van der Waals surface area contributed by atoms with Gasteiger partial charge in [-0.1, -0.05) is 12.1 Å². The first kappa shape index (κ1) is 14.8. The van der Waals surface area contributed by atoms with Crippen molar-refractivity contribution in [2.24, 2.45) is 0 Å². The van der Waals surface area contributed by atoms with Gasteiger partial charge in [0, 0.05) is 25.7 Å². The minimum atomic E-state index is -0.810. The zero-order chi connectivity index (χ0) is 14.7. The summed E-state index contributed by atoms with van der Waals surface area (Å²) in [5.41, 5.74) is 0.772. The lowest BCUT2D eigenvalue weighted by Gasteiger charge is -2.40. The molecule has 20 heavy (non-hydrogen) atoms. The Kier molecular flexibility index (Phi) is 4.62. The molecule has 1 saturated heterocycles. The first-order valence-corrected chi connectivity index (χ1v) is 6.84. The Labute approximate surface area is 119 Å². The Morgan fingerprint density at radius 3 is 2.80 bits per heavy atom. The van der Waals surface area contributed by atoms with Gasteiger partial charge in [-0.2, -0.15) is 0 Å². The van der Waals surface area contributed by atoms with E-state index in [1.54, 1.807) is 7.11 Å². The van der Waals surface area contributed by atoms with Gasteiger partial charge in [0.1, 0.15) is 11.8 Å². The van der Waals surface area contributed by atoms with Crippen LogP contribution in [0.15, 0.2) is 24.3 Å². The van der Waals surface area contributed by atoms with Crippen LogP contribution in [-0.4, -0.2) is 60.7 Å². The van der Waals surface area contributed by atoms with Crippen molar-refractivity contribution in [1.82, 2.24) is 9.80 Å². The van der Waals surface area contributed by atoms with Crippen molar-refractivity contribution in [3.8, 4) is 5.75 Å². The van der Waals surface area contributed by atoms with Gasteiger partial charge in [-0.3, -0.25) is 9.69 Å². The largest absolute Gasteiger partial charge is 0.497 e. The molecule has 0 aliphatic carbocycles. The summed E-state index contributed by atoms with van der Waals surface area (Å²) in [5.74, 6) is -0.120. The van der Waals surface area contributed by atoms with Crippen LogP contribution in [0.25, 0.3) is 0 Å². The lowest BCUT2D eigenvalue weighted by molar-refractivity contribution is -0.144. The molecule has 1 aliphatic rings. The minimum absolute atomic E-state index is 0.358. The fourth-order valence-electron chi connectivity index (χ4n) is 2.63. The van der Waals surface area contributed by atoms with Gasteiger partial charge in [0.05, 0.1) is 7.11 Å². The summed E-state index contributed by atoms with van der Waals surface area (Å²) >= 11 is 0. The van der Waals surface area contributed by atoms with Crippen molar-refractivity contribution >= 4 is 5.97 Å². The predicted octanol–water partition coefficient (Wildman–Crippen LogP) is 1.46. The second-order valence-corrected chi connectivity index (χ2v) is 5.34. The summed E-state index contributed by atoms with van der Waals surface area (Å²) in [7, 11) is 3.66. The fourth-order valence-corrected chi connectivity index (χ4v) is 2.63. The highest BCUT2D eigenvalue weighted by Gasteiger charge is 2.32. The third kappa shape index (κ3) is 3.11. The number of benzene rings is 1.